The molecule has 1 aromatic rings. The number of carbonyl (C=O) groups is 1. The second kappa shape index (κ2) is 5.37. The van der Waals surface area contributed by atoms with Crippen molar-refractivity contribution >= 4 is 17.7 Å². The number of hydrogen-bond donors (Lipinski definition) is 2. The molecule has 0 aliphatic carbocycles. The van der Waals surface area contributed by atoms with Gasteiger partial charge >= 0.3 is 0 Å². The predicted octanol–water partition coefficient (Wildman–Crippen LogP) is 1.31. The van der Waals surface area contributed by atoms with Crippen LogP contribution in [0, 0.1) is 0 Å². The number of benzene rings is 1. The maximum absolute atomic E-state index is 11.4. The van der Waals surface area contributed by atoms with Gasteiger partial charge in [0.05, 0.1) is 0 Å². The lowest BCUT2D eigenvalue weighted by molar-refractivity contribution is -0.120. The Balaban J connectivity index is 2.08. The molecule has 0 aromatic heterocycles. The van der Waals surface area contributed by atoms with Gasteiger partial charge in [0, 0.05) is 11.8 Å². The molecule has 3 nitrogen and oxygen atoms in total. The molecule has 1 aromatic carbocycles. The summed E-state index contributed by atoms with van der Waals surface area (Å²) < 4.78 is 0. The summed E-state index contributed by atoms with van der Waals surface area (Å²) in [5, 5.41) is 3.34. The highest BCUT2D eigenvalue weighted by atomic mass is 32.2. The van der Waals surface area contributed by atoms with Gasteiger partial charge in [-0.1, -0.05) is 30.3 Å². The molecule has 1 heterocycles. The van der Waals surface area contributed by atoms with Crippen LogP contribution in [-0.4, -0.2) is 23.5 Å². The molecule has 0 spiro atoms. The van der Waals surface area contributed by atoms with E-state index in [2.05, 4.69) is 5.32 Å². The average molecular weight is 236 g/mol. The summed E-state index contributed by atoms with van der Waals surface area (Å²) >= 11 is 1.92. The van der Waals surface area contributed by atoms with E-state index in [1.54, 1.807) is 0 Å². The minimum atomic E-state index is -0.357. The number of nitrogens with one attached hydrogen (secondary N) is 1. The Morgan fingerprint density at radius 2 is 2.19 bits per heavy atom. The number of thioether (sulfide) groups is 1. The fraction of sp³-hybridized carbons (Fsp3) is 0.417. The number of rotatable bonds is 4. The van der Waals surface area contributed by atoms with Gasteiger partial charge in [-0.25, -0.2) is 0 Å². The van der Waals surface area contributed by atoms with Gasteiger partial charge in [0.1, 0.15) is 6.04 Å². The monoisotopic (exact) mass is 236 g/mol. The second-order valence-corrected chi connectivity index (χ2v) is 5.12. The van der Waals surface area contributed by atoms with Crippen molar-refractivity contribution in [3.05, 3.63) is 35.9 Å². The van der Waals surface area contributed by atoms with Crippen LogP contribution >= 0.6 is 11.8 Å². The Hall–Kier alpha value is -1.00. The van der Waals surface area contributed by atoms with Crippen molar-refractivity contribution in [3.63, 3.8) is 0 Å². The summed E-state index contributed by atoms with van der Waals surface area (Å²) in [6, 6.07) is 9.71. The largest absolute Gasteiger partial charge is 0.368 e. The lowest BCUT2D eigenvalue weighted by Crippen LogP contribution is -2.40. The highest BCUT2D eigenvalue weighted by molar-refractivity contribution is 7.99. The highest BCUT2D eigenvalue weighted by Crippen LogP contribution is 2.21. The summed E-state index contributed by atoms with van der Waals surface area (Å²) in [4.78, 5) is 11.4. The maximum Gasteiger partial charge on any atom is 0.239 e. The van der Waals surface area contributed by atoms with Gasteiger partial charge < -0.3 is 5.73 Å². The zero-order valence-corrected chi connectivity index (χ0v) is 9.87. The van der Waals surface area contributed by atoms with Crippen LogP contribution in [0.4, 0.5) is 0 Å². The van der Waals surface area contributed by atoms with E-state index in [0.717, 1.165) is 23.5 Å². The first-order valence-electron chi connectivity index (χ1n) is 5.45. The summed E-state index contributed by atoms with van der Waals surface area (Å²) in [6.07, 6.45) is 1.11. The van der Waals surface area contributed by atoms with Crippen molar-refractivity contribution in [2.24, 2.45) is 5.73 Å². The molecule has 4 heteroatoms. The van der Waals surface area contributed by atoms with Crippen LogP contribution in [0.25, 0.3) is 0 Å². The summed E-state index contributed by atoms with van der Waals surface area (Å²) in [7, 11) is 0. The average Bonchev–Trinajstić information content (AvgIpc) is 2.79. The molecule has 2 unspecified atom stereocenters. The normalized spacial score (nSPS) is 21.9. The zero-order valence-electron chi connectivity index (χ0n) is 9.06. The molecule has 1 aliphatic rings. The number of carbonyl (C=O) groups excluding carboxylic acids is 1. The van der Waals surface area contributed by atoms with Crippen LogP contribution in [-0.2, 0) is 4.79 Å². The number of amides is 1. The fourth-order valence-electron chi connectivity index (χ4n) is 1.89. The van der Waals surface area contributed by atoms with Gasteiger partial charge in [0.2, 0.25) is 5.91 Å². The van der Waals surface area contributed by atoms with Gasteiger partial charge in [0.15, 0.2) is 0 Å². The first kappa shape index (κ1) is 11.5. The Morgan fingerprint density at radius 3 is 2.75 bits per heavy atom. The SMILES string of the molecule is NC(=O)C(NC1CCSC1)c1ccccc1. The second-order valence-electron chi connectivity index (χ2n) is 3.97. The lowest BCUT2D eigenvalue weighted by Gasteiger charge is -2.20. The van der Waals surface area contributed by atoms with Gasteiger partial charge in [-0.3, -0.25) is 10.1 Å². The summed E-state index contributed by atoms with van der Waals surface area (Å²) in [6.45, 7) is 0. The highest BCUT2D eigenvalue weighted by Gasteiger charge is 2.23. The summed E-state index contributed by atoms with van der Waals surface area (Å²) in [5.41, 5.74) is 6.39. The molecular weight excluding hydrogens is 220 g/mol. The smallest absolute Gasteiger partial charge is 0.239 e. The minimum absolute atomic E-state index is 0.303. The van der Waals surface area contributed by atoms with Crippen molar-refractivity contribution in [1.82, 2.24) is 5.32 Å². The fourth-order valence-corrected chi connectivity index (χ4v) is 3.06. The van der Waals surface area contributed by atoms with E-state index in [1.165, 1.54) is 0 Å². The van der Waals surface area contributed by atoms with Crippen molar-refractivity contribution in [3.8, 4) is 0 Å². The van der Waals surface area contributed by atoms with E-state index < -0.39 is 0 Å². The van der Waals surface area contributed by atoms with Crippen molar-refractivity contribution in [2.45, 2.75) is 18.5 Å². The van der Waals surface area contributed by atoms with Crippen LogP contribution in [0.15, 0.2) is 30.3 Å². The molecule has 2 rings (SSSR count). The van der Waals surface area contributed by atoms with Gasteiger partial charge in [-0.2, -0.15) is 11.8 Å². The van der Waals surface area contributed by atoms with E-state index in [-0.39, 0.29) is 11.9 Å². The van der Waals surface area contributed by atoms with E-state index in [9.17, 15) is 4.79 Å². The van der Waals surface area contributed by atoms with Crippen LogP contribution < -0.4 is 11.1 Å². The van der Waals surface area contributed by atoms with E-state index in [0.29, 0.717) is 6.04 Å². The van der Waals surface area contributed by atoms with Crippen LogP contribution in [0.2, 0.25) is 0 Å². The van der Waals surface area contributed by atoms with Gasteiger partial charge in [-0.05, 0) is 17.7 Å². The molecule has 0 saturated carbocycles. The molecule has 1 fully saturated rings. The lowest BCUT2D eigenvalue weighted by atomic mass is 10.1. The molecule has 16 heavy (non-hydrogen) atoms. The molecule has 0 bridgehead atoms. The van der Waals surface area contributed by atoms with E-state index >= 15 is 0 Å². The molecule has 0 radical (unpaired) electrons. The zero-order chi connectivity index (χ0) is 11.4. The van der Waals surface area contributed by atoms with Crippen molar-refractivity contribution < 1.29 is 4.79 Å². The quantitative estimate of drug-likeness (QED) is 0.828. The number of nitrogens with two attached hydrogens (primary N) is 1. The Bertz CT molecular complexity index is 349. The molecule has 1 amide bonds. The van der Waals surface area contributed by atoms with Crippen LogP contribution in [0.1, 0.15) is 18.0 Å². The van der Waals surface area contributed by atoms with Crippen molar-refractivity contribution in [2.75, 3.05) is 11.5 Å². The number of primary amides is 1. The third kappa shape index (κ3) is 2.77. The van der Waals surface area contributed by atoms with E-state index in [4.69, 9.17) is 5.73 Å². The first-order valence-corrected chi connectivity index (χ1v) is 6.61. The molecule has 86 valence electrons. The molecule has 2 atom stereocenters. The number of hydrogen-bond acceptors (Lipinski definition) is 3. The Labute approximate surface area is 99.8 Å². The first-order chi connectivity index (χ1) is 7.77. The minimum Gasteiger partial charge on any atom is -0.368 e. The third-order valence-electron chi connectivity index (χ3n) is 2.75. The molecule has 1 aliphatic heterocycles. The standard InChI is InChI=1S/C12H16N2OS/c13-12(15)11(9-4-2-1-3-5-9)14-10-6-7-16-8-10/h1-5,10-11,14H,6-8H2,(H2,13,15). The Kier molecular flexibility index (Phi) is 3.85. The maximum atomic E-state index is 11.4. The van der Waals surface area contributed by atoms with Crippen molar-refractivity contribution in [1.29, 1.82) is 0 Å². The topological polar surface area (TPSA) is 55.1 Å². The van der Waals surface area contributed by atoms with E-state index in [1.807, 2.05) is 42.1 Å². The molecule has 1 saturated heterocycles. The summed E-state index contributed by atoms with van der Waals surface area (Å²) in [5.74, 6) is 1.93. The molecular formula is C12H16N2OS. The Morgan fingerprint density at radius 1 is 1.44 bits per heavy atom. The molecule has 3 N–H and O–H groups in total. The van der Waals surface area contributed by atoms with Crippen LogP contribution in [0.3, 0.4) is 0 Å². The van der Waals surface area contributed by atoms with Gasteiger partial charge in [0.25, 0.3) is 0 Å². The third-order valence-corrected chi connectivity index (χ3v) is 3.91. The van der Waals surface area contributed by atoms with Crippen LogP contribution in [0.5, 0.6) is 0 Å². The predicted molar refractivity (Wildman–Crippen MR) is 67.2 cm³/mol. The van der Waals surface area contributed by atoms with Gasteiger partial charge in [-0.15, -0.1) is 0 Å².